The molecule has 2 heteroatoms. The van der Waals surface area contributed by atoms with Crippen LogP contribution in [0, 0.1) is 0 Å². The van der Waals surface area contributed by atoms with E-state index in [0.29, 0.717) is 0 Å². The Morgan fingerprint density at radius 2 is 1.55 bits per heavy atom. The van der Waals surface area contributed by atoms with Crippen LogP contribution in [0.2, 0.25) is 0 Å². The summed E-state index contributed by atoms with van der Waals surface area (Å²) in [6.07, 6.45) is 1.81. The molecule has 1 nitrogen and oxygen atoms in total. The lowest BCUT2D eigenvalue weighted by Crippen LogP contribution is -1.91. The molecular formula is C29H27NS. The minimum Gasteiger partial charge on any atom is -0.256 e. The average Bonchev–Trinajstić information content (AvgIpc) is 3.17. The molecule has 3 aromatic carbocycles. The van der Waals surface area contributed by atoms with Crippen molar-refractivity contribution in [2.75, 3.05) is 0 Å². The molecule has 0 aliphatic rings. The number of hydrogen-bond acceptors (Lipinski definition) is 2. The third kappa shape index (κ3) is 3.55. The van der Waals surface area contributed by atoms with E-state index in [0.717, 1.165) is 27.9 Å². The Kier molecular flexibility index (Phi) is 4.53. The number of thiophene rings is 1. The Morgan fingerprint density at radius 1 is 0.774 bits per heavy atom. The van der Waals surface area contributed by atoms with E-state index < -0.39 is 11.8 Å². The molecule has 0 bridgehead atoms. The predicted molar refractivity (Wildman–Crippen MR) is 136 cm³/mol. The summed E-state index contributed by atoms with van der Waals surface area (Å²) in [5, 5.41) is 2.44. The molecule has 31 heavy (non-hydrogen) atoms. The van der Waals surface area contributed by atoms with Crippen LogP contribution in [0.1, 0.15) is 53.4 Å². The highest BCUT2D eigenvalue weighted by molar-refractivity contribution is 7.26. The van der Waals surface area contributed by atoms with Gasteiger partial charge < -0.3 is 0 Å². The molecule has 0 unspecified atom stereocenters. The first-order valence-electron chi connectivity index (χ1n) is 11.6. The zero-order chi connectivity index (χ0) is 23.4. The van der Waals surface area contributed by atoms with Crippen LogP contribution in [0.15, 0.2) is 79.0 Å². The van der Waals surface area contributed by atoms with Gasteiger partial charge in [-0.2, -0.15) is 0 Å². The quantitative estimate of drug-likeness (QED) is 0.281. The molecule has 5 rings (SSSR count). The van der Waals surface area contributed by atoms with Gasteiger partial charge in [0.1, 0.15) is 0 Å². The standard InChI is InChI=1S/C29H27NS/c1-18(2)21-13-14-30-26(16-21)23-11-8-12-24-28-25(20-9-6-5-7-10-20)15-22(19(3)4)17-27(28)31-29(23)24/h5-19H,1-4H3/i18D,19D. The fourth-order valence-corrected chi connectivity index (χ4v) is 5.44. The van der Waals surface area contributed by atoms with E-state index in [1.165, 1.54) is 25.7 Å². The molecule has 0 spiro atoms. The summed E-state index contributed by atoms with van der Waals surface area (Å²) in [6.45, 7) is 7.70. The molecule has 2 heterocycles. The van der Waals surface area contributed by atoms with Gasteiger partial charge in [0.25, 0.3) is 0 Å². The van der Waals surface area contributed by atoms with Crippen LogP contribution >= 0.6 is 11.3 Å². The van der Waals surface area contributed by atoms with E-state index in [-0.39, 0.29) is 0 Å². The molecule has 0 amide bonds. The summed E-state index contributed by atoms with van der Waals surface area (Å²) in [5.41, 5.74) is 6.28. The Labute approximate surface area is 191 Å². The third-order valence-electron chi connectivity index (χ3n) is 5.87. The van der Waals surface area contributed by atoms with Crippen molar-refractivity contribution in [1.82, 2.24) is 4.98 Å². The Bertz CT molecular complexity index is 1470. The van der Waals surface area contributed by atoms with Crippen molar-refractivity contribution in [2.45, 2.75) is 39.5 Å². The number of hydrogen-bond donors (Lipinski definition) is 0. The smallest absolute Gasteiger partial charge is 0.0719 e. The molecule has 2 aromatic heterocycles. The van der Waals surface area contributed by atoms with Gasteiger partial charge in [0.15, 0.2) is 0 Å². The second-order valence-electron chi connectivity index (χ2n) is 8.48. The van der Waals surface area contributed by atoms with Gasteiger partial charge in [0, 0.05) is 34.7 Å². The van der Waals surface area contributed by atoms with Crippen LogP contribution in [-0.2, 0) is 0 Å². The number of aromatic nitrogens is 1. The van der Waals surface area contributed by atoms with Crippen LogP contribution in [0.4, 0.5) is 0 Å². The fraction of sp³-hybridized carbons (Fsp3) is 0.207. The summed E-state index contributed by atoms with van der Waals surface area (Å²) < 4.78 is 19.5. The zero-order valence-corrected chi connectivity index (χ0v) is 19.2. The Hall–Kier alpha value is -2.97. The van der Waals surface area contributed by atoms with Crippen molar-refractivity contribution in [2.24, 2.45) is 0 Å². The average molecular weight is 424 g/mol. The first-order chi connectivity index (χ1) is 15.6. The first-order valence-corrected chi connectivity index (χ1v) is 11.5. The molecule has 154 valence electrons. The molecule has 0 aliphatic heterocycles. The summed E-state index contributed by atoms with van der Waals surface area (Å²) >= 11 is 1.77. The van der Waals surface area contributed by atoms with Crippen LogP contribution < -0.4 is 0 Å². The van der Waals surface area contributed by atoms with E-state index in [1.54, 1.807) is 11.3 Å². The molecule has 0 aliphatic carbocycles. The van der Waals surface area contributed by atoms with Crippen LogP contribution in [-0.4, -0.2) is 4.98 Å². The van der Waals surface area contributed by atoms with Gasteiger partial charge in [-0.3, -0.25) is 4.98 Å². The van der Waals surface area contributed by atoms with Crippen molar-refractivity contribution in [1.29, 1.82) is 0 Å². The topological polar surface area (TPSA) is 12.9 Å². The number of nitrogens with zero attached hydrogens (tertiary/aromatic N) is 1. The van der Waals surface area contributed by atoms with Crippen molar-refractivity contribution in [3.63, 3.8) is 0 Å². The lowest BCUT2D eigenvalue weighted by molar-refractivity contribution is 0.864. The van der Waals surface area contributed by atoms with Gasteiger partial charge in [-0.1, -0.05) is 82.3 Å². The first kappa shape index (κ1) is 17.7. The van der Waals surface area contributed by atoms with E-state index in [2.05, 4.69) is 59.6 Å². The van der Waals surface area contributed by atoms with Crippen molar-refractivity contribution in [3.8, 4) is 22.4 Å². The number of rotatable bonds is 4. The van der Waals surface area contributed by atoms with E-state index >= 15 is 0 Å². The molecular weight excluding hydrogens is 394 g/mol. The highest BCUT2D eigenvalue weighted by atomic mass is 32.1. The Balaban J connectivity index is 1.84. The SMILES string of the molecule is [2H]C(C)(C)c1ccnc(-c2cccc3c2sc2cc(C([2H])(C)C)cc(-c4ccccc4)c23)c1. The predicted octanol–water partition coefficient (Wildman–Crippen LogP) is 9.03. The van der Waals surface area contributed by atoms with Crippen molar-refractivity contribution < 1.29 is 2.74 Å². The zero-order valence-electron chi connectivity index (χ0n) is 20.4. The monoisotopic (exact) mass is 423 g/mol. The summed E-state index contributed by atoms with van der Waals surface area (Å²) in [6, 6.07) is 25.2. The summed E-state index contributed by atoms with van der Waals surface area (Å²) in [7, 11) is 0. The van der Waals surface area contributed by atoms with Crippen LogP contribution in [0.25, 0.3) is 42.6 Å². The maximum absolute atomic E-state index is 8.68. The van der Waals surface area contributed by atoms with Gasteiger partial charge in [0.2, 0.25) is 0 Å². The molecule has 0 fully saturated rings. The normalized spacial score (nSPS) is 13.4. The van der Waals surface area contributed by atoms with Crippen molar-refractivity contribution >= 4 is 31.5 Å². The maximum Gasteiger partial charge on any atom is 0.0719 e. The largest absolute Gasteiger partial charge is 0.256 e. The second-order valence-corrected chi connectivity index (χ2v) is 9.53. The lowest BCUT2D eigenvalue weighted by atomic mass is 9.93. The van der Waals surface area contributed by atoms with Crippen LogP contribution in [0.5, 0.6) is 0 Å². The molecule has 0 atom stereocenters. The van der Waals surface area contributed by atoms with Gasteiger partial charge in [-0.25, -0.2) is 0 Å². The van der Waals surface area contributed by atoms with E-state index in [4.69, 9.17) is 2.74 Å². The third-order valence-corrected chi connectivity index (χ3v) is 7.06. The number of pyridine rings is 1. The van der Waals surface area contributed by atoms with Gasteiger partial charge in [-0.05, 0) is 52.2 Å². The second kappa shape index (κ2) is 7.94. The highest BCUT2D eigenvalue weighted by Crippen LogP contribution is 2.45. The molecule has 0 N–H and O–H groups in total. The number of fused-ring (bicyclic) bond motifs is 3. The maximum atomic E-state index is 8.68. The van der Waals surface area contributed by atoms with E-state index in [9.17, 15) is 0 Å². The lowest BCUT2D eigenvalue weighted by Gasteiger charge is -2.11. The molecule has 0 saturated heterocycles. The Morgan fingerprint density at radius 3 is 2.29 bits per heavy atom. The molecule has 0 radical (unpaired) electrons. The fourth-order valence-electron chi connectivity index (χ4n) is 4.15. The summed E-state index contributed by atoms with van der Waals surface area (Å²) in [5.74, 6) is -1.37. The van der Waals surface area contributed by atoms with Crippen LogP contribution in [0.3, 0.4) is 0 Å². The van der Waals surface area contributed by atoms with Crippen molar-refractivity contribution in [3.05, 3.63) is 90.1 Å². The molecule has 0 saturated carbocycles. The molecule has 5 aromatic rings. The minimum atomic E-state index is -0.688. The van der Waals surface area contributed by atoms with Gasteiger partial charge in [-0.15, -0.1) is 11.3 Å². The van der Waals surface area contributed by atoms with E-state index in [1.807, 2.05) is 52.1 Å². The van der Waals surface area contributed by atoms with Gasteiger partial charge in [0.05, 0.1) is 5.69 Å². The summed E-state index contributed by atoms with van der Waals surface area (Å²) in [4.78, 5) is 4.67. The minimum absolute atomic E-state index is 0.680. The highest BCUT2D eigenvalue weighted by Gasteiger charge is 2.17. The number of benzene rings is 3. The van der Waals surface area contributed by atoms with Gasteiger partial charge >= 0.3 is 0 Å².